The van der Waals surface area contributed by atoms with Gasteiger partial charge in [0, 0.05) is 12.8 Å². The summed E-state index contributed by atoms with van der Waals surface area (Å²) < 4.78 is 32.7. The van der Waals surface area contributed by atoms with Gasteiger partial charge in [-0.25, -0.2) is 4.57 Å². The summed E-state index contributed by atoms with van der Waals surface area (Å²) in [5.74, 6) is -0.793. The second kappa shape index (κ2) is 42.4. The molecule has 0 spiro atoms. The van der Waals surface area contributed by atoms with Gasteiger partial charge in [0.05, 0.1) is 13.2 Å². The van der Waals surface area contributed by atoms with Crippen molar-refractivity contribution in [3.8, 4) is 0 Å². The van der Waals surface area contributed by atoms with Crippen LogP contribution in [0.1, 0.15) is 245 Å². The maximum atomic E-state index is 12.6. The lowest BCUT2D eigenvalue weighted by Crippen LogP contribution is -2.29. The summed E-state index contributed by atoms with van der Waals surface area (Å²) in [7, 11) is -4.28. The van der Waals surface area contributed by atoms with Crippen molar-refractivity contribution in [3.05, 3.63) is 12.2 Å². The van der Waals surface area contributed by atoms with Crippen molar-refractivity contribution in [3.63, 3.8) is 0 Å². The number of unbranched alkanes of at least 4 members (excludes halogenated alkanes) is 30. The summed E-state index contributed by atoms with van der Waals surface area (Å²) in [5.41, 5.74) is 0. The Kier molecular flexibility index (Phi) is 41.5. The highest BCUT2D eigenvalue weighted by Gasteiger charge is 2.25. The first-order valence-electron chi connectivity index (χ1n) is 23.5. The average molecular weight is 801 g/mol. The van der Waals surface area contributed by atoms with E-state index in [0.29, 0.717) is 12.8 Å². The van der Waals surface area contributed by atoms with E-state index >= 15 is 0 Å². The number of rotatable bonds is 44. The first-order valence-corrected chi connectivity index (χ1v) is 25.0. The van der Waals surface area contributed by atoms with Gasteiger partial charge in [-0.05, 0) is 45.4 Å². The van der Waals surface area contributed by atoms with Crippen molar-refractivity contribution in [1.82, 2.24) is 0 Å². The molecule has 1 N–H and O–H groups in total. The molecule has 0 aliphatic carbocycles. The van der Waals surface area contributed by atoms with Crippen molar-refractivity contribution in [1.29, 1.82) is 0 Å². The first kappa shape index (κ1) is 53.8. The molecule has 2 atom stereocenters. The molecule has 55 heavy (non-hydrogen) atoms. The average Bonchev–Trinajstić information content (AvgIpc) is 3.16. The third kappa shape index (κ3) is 42.2. The first-order chi connectivity index (χ1) is 26.8. The van der Waals surface area contributed by atoms with Crippen LogP contribution < -0.4 is 0 Å². The predicted molar refractivity (Wildman–Crippen MR) is 230 cm³/mol. The molecule has 0 rings (SSSR count). The molecule has 0 heterocycles. The number of carbonyl (C=O) groups is 2. The molecule has 0 amide bonds. The lowest BCUT2D eigenvalue weighted by molar-refractivity contribution is -0.161. The van der Waals surface area contributed by atoms with Crippen LogP contribution in [0.25, 0.3) is 0 Å². The smallest absolute Gasteiger partial charge is 0.462 e. The summed E-state index contributed by atoms with van der Waals surface area (Å²) in [6.45, 7) is 5.50. The van der Waals surface area contributed by atoms with E-state index in [9.17, 15) is 19.0 Å². The summed E-state index contributed by atoms with van der Waals surface area (Å²) >= 11 is 0. The van der Waals surface area contributed by atoms with E-state index in [1.54, 1.807) is 6.92 Å². The van der Waals surface area contributed by atoms with Gasteiger partial charge in [0.25, 0.3) is 0 Å². The van der Waals surface area contributed by atoms with Gasteiger partial charge in [-0.2, -0.15) is 0 Å². The number of hydrogen-bond donors (Lipinski definition) is 1. The Bertz CT molecular complexity index is 910. The molecule has 0 aliphatic rings. The molecule has 9 heteroatoms. The number of esters is 2. The van der Waals surface area contributed by atoms with Crippen LogP contribution in [0.4, 0.5) is 0 Å². The molecule has 0 radical (unpaired) electrons. The Hall–Kier alpha value is -1.21. The number of phosphoric acid groups is 1. The highest BCUT2D eigenvalue weighted by atomic mass is 31.2. The SMILES string of the molecule is CCCCCCCC/C=C\CCCCCCCC(=O)OC(COC(=O)CCCCCCCCCCCCCCCCCCCCCC)COP(=O)(O)OCC. The minimum Gasteiger partial charge on any atom is -0.462 e. The summed E-state index contributed by atoms with van der Waals surface area (Å²) in [5, 5.41) is 0. The van der Waals surface area contributed by atoms with E-state index in [4.69, 9.17) is 18.5 Å². The standard InChI is InChI=1S/C46H89O8P/c1-4-7-9-11-13-15-17-19-21-22-23-24-25-27-28-30-32-34-36-38-40-45(47)51-42-44(43-53-55(49,50)52-6-3)54-46(48)41-39-37-35-33-31-29-26-20-18-16-14-12-10-8-5-2/h20,26,44H,4-19,21-25,27-43H2,1-3H3,(H,49,50)/b26-20-. The minimum absolute atomic E-state index is 0.00216. The van der Waals surface area contributed by atoms with Crippen molar-refractivity contribution in [2.45, 2.75) is 252 Å². The molecule has 0 aromatic rings. The second-order valence-electron chi connectivity index (χ2n) is 15.8. The monoisotopic (exact) mass is 801 g/mol. The zero-order valence-corrected chi connectivity index (χ0v) is 37.2. The molecular formula is C46H89O8P. The molecule has 0 saturated carbocycles. The van der Waals surface area contributed by atoms with Crippen molar-refractivity contribution in [2.75, 3.05) is 19.8 Å². The Morgan fingerprint density at radius 2 is 0.818 bits per heavy atom. The molecule has 326 valence electrons. The Morgan fingerprint density at radius 3 is 1.20 bits per heavy atom. The third-order valence-corrected chi connectivity index (χ3v) is 11.4. The minimum atomic E-state index is -4.28. The van der Waals surface area contributed by atoms with E-state index in [1.165, 1.54) is 154 Å². The van der Waals surface area contributed by atoms with E-state index in [-0.39, 0.29) is 25.6 Å². The number of carbonyl (C=O) groups excluding carboxylic acids is 2. The number of allylic oxidation sites excluding steroid dienone is 2. The van der Waals surface area contributed by atoms with Crippen LogP contribution in [0.15, 0.2) is 12.2 Å². The molecule has 0 fully saturated rings. The maximum absolute atomic E-state index is 12.6. The van der Waals surface area contributed by atoms with Gasteiger partial charge >= 0.3 is 19.8 Å². The van der Waals surface area contributed by atoms with Crippen LogP contribution in [-0.2, 0) is 32.7 Å². The van der Waals surface area contributed by atoms with Crippen LogP contribution in [0.5, 0.6) is 0 Å². The van der Waals surface area contributed by atoms with Gasteiger partial charge in [-0.15, -0.1) is 0 Å². The van der Waals surface area contributed by atoms with Gasteiger partial charge in [0.15, 0.2) is 6.10 Å². The van der Waals surface area contributed by atoms with Gasteiger partial charge < -0.3 is 14.4 Å². The molecule has 0 aromatic carbocycles. The Labute approximate surface area is 340 Å². The molecule has 0 bridgehead atoms. The van der Waals surface area contributed by atoms with E-state index < -0.39 is 26.5 Å². The van der Waals surface area contributed by atoms with Crippen LogP contribution in [0, 0.1) is 0 Å². The number of phosphoric ester groups is 1. The third-order valence-electron chi connectivity index (χ3n) is 10.3. The Morgan fingerprint density at radius 1 is 0.473 bits per heavy atom. The largest absolute Gasteiger partial charge is 0.472 e. The summed E-state index contributed by atoms with van der Waals surface area (Å²) in [4.78, 5) is 34.8. The van der Waals surface area contributed by atoms with Crippen molar-refractivity contribution >= 4 is 19.8 Å². The predicted octanol–water partition coefficient (Wildman–Crippen LogP) is 14.8. The van der Waals surface area contributed by atoms with Crippen LogP contribution in [0.2, 0.25) is 0 Å². The van der Waals surface area contributed by atoms with Gasteiger partial charge in [-0.3, -0.25) is 18.6 Å². The quantitative estimate of drug-likeness (QED) is 0.0281. The van der Waals surface area contributed by atoms with Gasteiger partial charge in [-0.1, -0.05) is 199 Å². The normalized spacial score (nSPS) is 13.3. The lowest BCUT2D eigenvalue weighted by Gasteiger charge is -2.19. The number of ether oxygens (including phenoxy) is 2. The van der Waals surface area contributed by atoms with Gasteiger partial charge in [0.1, 0.15) is 6.61 Å². The summed E-state index contributed by atoms with van der Waals surface area (Å²) in [6, 6.07) is 0. The lowest BCUT2D eigenvalue weighted by atomic mass is 10.0. The van der Waals surface area contributed by atoms with E-state index in [0.717, 1.165) is 51.4 Å². The molecule has 0 aliphatic heterocycles. The van der Waals surface area contributed by atoms with E-state index in [2.05, 4.69) is 26.0 Å². The molecule has 0 saturated heterocycles. The molecule has 8 nitrogen and oxygen atoms in total. The molecule has 2 unspecified atom stereocenters. The zero-order chi connectivity index (χ0) is 40.3. The number of hydrogen-bond acceptors (Lipinski definition) is 7. The molecule has 0 aromatic heterocycles. The maximum Gasteiger partial charge on any atom is 0.472 e. The highest BCUT2D eigenvalue weighted by molar-refractivity contribution is 7.47. The van der Waals surface area contributed by atoms with Crippen molar-refractivity contribution < 1.29 is 37.6 Å². The summed E-state index contributed by atoms with van der Waals surface area (Å²) in [6.07, 6.45) is 45.5. The fraction of sp³-hybridized carbons (Fsp3) is 0.913. The van der Waals surface area contributed by atoms with E-state index in [1.807, 2.05) is 0 Å². The fourth-order valence-corrected chi connectivity index (χ4v) is 7.62. The topological polar surface area (TPSA) is 108 Å². The highest BCUT2D eigenvalue weighted by Crippen LogP contribution is 2.43. The van der Waals surface area contributed by atoms with Crippen LogP contribution in [0.3, 0.4) is 0 Å². The Balaban J connectivity index is 3.98. The van der Waals surface area contributed by atoms with Gasteiger partial charge in [0.2, 0.25) is 0 Å². The van der Waals surface area contributed by atoms with Crippen LogP contribution in [-0.4, -0.2) is 42.8 Å². The zero-order valence-electron chi connectivity index (χ0n) is 36.4. The van der Waals surface area contributed by atoms with Crippen LogP contribution >= 0.6 is 7.82 Å². The van der Waals surface area contributed by atoms with Crippen molar-refractivity contribution in [2.24, 2.45) is 0 Å². The molecular weight excluding hydrogens is 711 g/mol. The fourth-order valence-electron chi connectivity index (χ4n) is 6.86. The second-order valence-corrected chi connectivity index (χ2v) is 17.2.